The van der Waals surface area contributed by atoms with E-state index in [2.05, 4.69) is 4.98 Å². The number of rotatable bonds is 2. The molecule has 0 amide bonds. The van der Waals surface area contributed by atoms with E-state index in [0.29, 0.717) is 15.9 Å². The van der Waals surface area contributed by atoms with Crippen molar-refractivity contribution >= 4 is 32.3 Å². The molecule has 102 valence electrons. The van der Waals surface area contributed by atoms with Crippen molar-refractivity contribution in [1.29, 1.82) is 0 Å². The molecule has 6 heteroatoms. The first-order valence-corrected chi connectivity index (χ1v) is 7.65. The zero-order valence-corrected chi connectivity index (χ0v) is 11.7. The number of aromatic amines is 1. The van der Waals surface area contributed by atoms with Crippen LogP contribution in [0.3, 0.4) is 0 Å². The van der Waals surface area contributed by atoms with Crippen LogP contribution in [-0.2, 0) is 9.84 Å². The maximum absolute atomic E-state index is 12.5. The molecule has 2 aromatic carbocycles. The molecule has 0 unspecified atom stereocenters. The van der Waals surface area contributed by atoms with E-state index in [1.807, 2.05) is 0 Å². The van der Waals surface area contributed by atoms with Gasteiger partial charge in [0.2, 0.25) is 9.84 Å². The third kappa shape index (κ3) is 2.05. The molecule has 20 heavy (non-hydrogen) atoms. The fourth-order valence-corrected chi connectivity index (χ4v) is 3.46. The Labute approximate surface area is 120 Å². The fraction of sp³-hybridized carbons (Fsp3) is 0. The largest absolute Gasteiger partial charge is 0.507 e. The Balaban J connectivity index is 2.20. The van der Waals surface area contributed by atoms with Gasteiger partial charge in [-0.05, 0) is 42.5 Å². The van der Waals surface area contributed by atoms with E-state index in [4.69, 9.17) is 11.6 Å². The number of phenols is 1. The average Bonchev–Trinajstić information content (AvgIpc) is 2.88. The summed E-state index contributed by atoms with van der Waals surface area (Å²) in [5.41, 5.74) is 0.567. The van der Waals surface area contributed by atoms with E-state index in [-0.39, 0.29) is 15.5 Å². The van der Waals surface area contributed by atoms with Crippen LogP contribution in [0.5, 0.6) is 5.75 Å². The van der Waals surface area contributed by atoms with Crippen molar-refractivity contribution in [2.75, 3.05) is 0 Å². The number of hydrogen-bond acceptors (Lipinski definition) is 3. The molecule has 0 aliphatic rings. The van der Waals surface area contributed by atoms with Crippen molar-refractivity contribution in [3.8, 4) is 5.75 Å². The second-order valence-corrected chi connectivity index (χ2v) is 6.72. The molecule has 0 saturated heterocycles. The number of sulfone groups is 1. The van der Waals surface area contributed by atoms with E-state index in [1.54, 1.807) is 12.3 Å². The Morgan fingerprint density at radius 2 is 1.70 bits per heavy atom. The third-order valence-electron chi connectivity index (χ3n) is 3.05. The van der Waals surface area contributed by atoms with Gasteiger partial charge in [-0.2, -0.15) is 0 Å². The van der Waals surface area contributed by atoms with Gasteiger partial charge in [0.05, 0.1) is 15.3 Å². The molecule has 0 aliphatic heterocycles. The Morgan fingerprint density at radius 1 is 1.00 bits per heavy atom. The van der Waals surface area contributed by atoms with E-state index >= 15 is 0 Å². The van der Waals surface area contributed by atoms with Crippen LogP contribution in [0.1, 0.15) is 0 Å². The molecule has 4 nitrogen and oxygen atoms in total. The first-order chi connectivity index (χ1) is 9.48. The monoisotopic (exact) mass is 307 g/mol. The summed E-state index contributed by atoms with van der Waals surface area (Å²) < 4.78 is 25.0. The maximum atomic E-state index is 12.5. The van der Waals surface area contributed by atoms with Crippen molar-refractivity contribution in [3.63, 3.8) is 0 Å². The zero-order valence-electron chi connectivity index (χ0n) is 10.2. The van der Waals surface area contributed by atoms with Crippen molar-refractivity contribution in [1.82, 2.24) is 4.98 Å². The molecule has 0 fully saturated rings. The number of hydrogen-bond donors (Lipinski definition) is 2. The van der Waals surface area contributed by atoms with Gasteiger partial charge in [0, 0.05) is 16.6 Å². The summed E-state index contributed by atoms with van der Waals surface area (Å²) in [5.74, 6) is -0.0729. The maximum Gasteiger partial charge on any atom is 0.206 e. The summed E-state index contributed by atoms with van der Waals surface area (Å²) in [7, 11) is -3.69. The minimum Gasteiger partial charge on any atom is -0.507 e. The van der Waals surface area contributed by atoms with Crippen LogP contribution in [0.4, 0.5) is 0 Å². The predicted octanol–water partition coefficient (Wildman–Crippen LogP) is 3.36. The van der Waals surface area contributed by atoms with Crippen LogP contribution in [0.15, 0.2) is 58.5 Å². The van der Waals surface area contributed by atoms with E-state index < -0.39 is 9.84 Å². The smallest absolute Gasteiger partial charge is 0.206 e. The first kappa shape index (κ1) is 13.0. The minimum atomic E-state index is -3.69. The Bertz CT molecular complexity index is 882. The highest BCUT2D eigenvalue weighted by atomic mass is 35.5. The lowest BCUT2D eigenvalue weighted by Crippen LogP contribution is -2.01. The van der Waals surface area contributed by atoms with Crippen LogP contribution >= 0.6 is 11.6 Å². The second kappa shape index (κ2) is 4.54. The topological polar surface area (TPSA) is 70.2 Å². The highest BCUT2D eigenvalue weighted by Crippen LogP contribution is 2.31. The average molecular weight is 308 g/mol. The number of aromatic nitrogens is 1. The Kier molecular flexibility index (Phi) is 2.96. The molecule has 0 atom stereocenters. The lowest BCUT2D eigenvalue weighted by Gasteiger charge is -2.06. The Hall–Kier alpha value is -1.98. The molecule has 0 aliphatic carbocycles. The summed E-state index contributed by atoms with van der Waals surface area (Å²) >= 11 is 5.76. The highest BCUT2D eigenvalue weighted by molar-refractivity contribution is 7.91. The van der Waals surface area contributed by atoms with E-state index in [1.165, 1.54) is 36.4 Å². The van der Waals surface area contributed by atoms with Crippen molar-refractivity contribution in [2.24, 2.45) is 0 Å². The standard InChI is InChI=1S/C14H10ClNO3S/c15-9-1-3-10(4-2-9)20(18,19)11-7-13-12(5-6-16-13)14(17)8-11/h1-8,16-17H. The number of aromatic hydroxyl groups is 1. The lowest BCUT2D eigenvalue weighted by molar-refractivity contribution is 0.479. The van der Waals surface area contributed by atoms with Gasteiger partial charge in [0.15, 0.2) is 0 Å². The quantitative estimate of drug-likeness (QED) is 0.762. The predicted molar refractivity (Wildman–Crippen MR) is 76.9 cm³/mol. The molecule has 0 bridgehead atoms. The van der Waals surface area contributed by atoms with Crippen molar-refractivity contribution < 1.29 is 13.5 Å². The summed E-state index contributed by atoms with van der Waals surface area (Å²) in [6, 6.07) is 10.3. The third-order valence-corrected chi connectivity index (χ3v) is 5.06. The van der Waals surface area contributed by atoms with Gasteiger partial charge in [0.25, 0.3) is 0 Å². The summed E-state index contributed by atoms with van der Waals surface area (Å²) in [5, 5.41) is 10.9. The molecule has 3 rings (SSSR count). The van der Waals surface area contributed by atoms with Crippen LogP contribution in [0.25, 0.3) is 10.9 Å². The minimum absolute atomic E-state index is 0.0345. The molecule has 2 N–H and O–H groups in total. The van der Waals surface area contributed by atoms with E-state index in [9.17, 15) is 13.5 Å². The van der Waals surface area contributed by atoms with Gasteiger partial charge in [0.1, 0.15) is 5.75 Å². The van der Waals surface area contributed by atoms with Gasteiger partial charge in [-0.1, -0.05) is 11.6 Å². The molecule has 0 saturated carbocycles. The zero-order chi connectivity index (χ0) is 14.3. The number of fused-ring (bicyclic) bond motifs is 1. The normalized spacial score (nSPS) is 11.8. The number of benzene rings is 2. The summed E-state index contributed by atoms with van der Waals surface area (Å²) in [4.78, 5) is 3.05. The second-order valence-electron chi connectivity index (χ2n) is 4.34. The van der Waals surface area contributed by atoms with Crippen molar-refractivity contribution in [3.05, 3.63) is 53.7 Å². The molecule has 3 aromatic rings. The van der Waals surface area contributed by atoms with E-state index in [0.717, 1.165) is 0 Å². The van der Waals surface area contributed by atoms with Crippen LogP contribution in [-0.4, -0.2) is 18.5 Å². The molecular formula is C14H10ClNO3S. The lowest BCUT2D eigenvalue weighted by atomic mass is 10.2. The molecule has 0 spiro atoms. The number of nitrogens with one attached hydrogen (secondary N) is 1. The van der Waals surface area contributed by atoms with Crippen LogP contribution in [0, 0.1) is 0 Å². The molecule has 0 radical (unpaired) electrons. The van der Waals surface area contributed by atoms with Gasteiger partial charge < -0.3 is 10.1 Å². The summed E-state index contributed by atoms with van der Waals surface area (Å²) in [6.07, 6.45) is 1.64. The van der Waals surface area contributed by atoms with Crippen molar-refractivity contribution in [2.45, 2.75) is 9.79 Å². The molecular weight excluding hydrogens is 298 g/mol. The Morgan fingerprint density at radius 3 is 2.40 bits per heavy atom. The molecule has 1 heterocycles. The fourth-order valence-electron chi connectivity index (χ4n) is 2.03. The highest BCUT2D eigenvalue weighted by Gasteiger charge is 2.19. The molecule has 1 aromatic heterocycles. The first-order valence-electron chi connectivity index (χ1n) is 5.79. The van der Waals surface area contributed by atoms with Crippen LogP contribution in [0.2, 0.25) is 5.02 Å². The van der Waals surface area contributed by atoms with Gasteiger partial charge in [-0.25, -0.2) is 8.42 Å². The van der Waals surface area contributed by atoms with Crippen LogP contribution < -0.4 is 0 Å². The van der Waals surface area contributed by atoms with Gasteiger partial charge in [-0.15, -0.1) is 0 Å². The number of H-pyrrole nitrogens is 1. The van der Waals surface area contributed by atoms with Gasteiger partial charge in [-0.3, -0.25) is 0 Å². The number of halogens is 1. The van der Waals surface area contributed by atoms with Gasteiger partial charge >= 0.3 is 0 Å². The SMILES string of the molecule is O=S(=O)(c1ccc(Cl)cc1)c1cc(O)c2cc[nH]c2c1. The summed E-state index contributed by atoms with van der Waals surface area (Å²) in [6.45, 7) is 0. The number of phenolic OH excluding ortho intramolecular Hbond substituents is 1.